The molecule has 1 heterocycles. The number of benzene rings is 2. The number of ether oxygens (including phenoxy) is 1. The number of nitrogens with zero attached hydrogens (tertiary/aromatic N) is 3. The van der Waals surface area contributed by atoms with Crippen molar-refractivity contribution >= 4 is 34.1 Å². The van der Waals surface area contributed by atoms with E-state index in [9.17, 15) is 9.90 Å². The zero-order valence-corrected chi connectivity index (χ0v) is 18.6. The number of rotatable bonds is 6. The molecule has 1 N–H and O–H groups in total. The van der Waals surface area contributed by atoms with E-state index in [1.807, 2.05) is 32.0 Å². The Kier molecular flexibility index (Phi) is 6.46. The van der Waals surface area contributed by atoms with Gasteiger partial charge in [-0.15, -0.1) is 10.2 Å². The fraction of sp³-hybridized carbons (Fsp3) is 0.348. The minimum absolute atomic E-state index is 0.00275. The number of fused-ring (bicyclic) bond motifs is 1. The molecule has 3 rings (SSSR count). The summed E-state index contributed by atoms with van der Waals surface area (Å²) in [6.07, 6.45) is -0.832. The summed E-state index contributed by atoms with van der Waals surface area (Å²) in [6.45, 7) is 10.2. The summed E-state index contributed by atoms with van der Waals surface area (Å²) in [4.78, 5) is 12.5. The summed E-state index contributed by atoms with van der Waals surface area (Å²) in [5, 5.41) is 20.0. The largest absolute Gasteiger partial charge is 0.493 e. The summed E-state index contributed by atoms with van der Waals surface area (Å²) >= 11 is 5.96. The van der Waals surface area contributed by atoms with Crippen molar-refractivity contribution in [1.82, 2.24) is 4.57 Å². The third kappa shape index (κ3) is 4.65. The van der Waals surface area contributed by atoms with E-state index in [1.54, 1.807) is 29.7 Å². The van der Waals surface area contributed by atoms with E-state index in [2.05, 4.69) is 24.1 Å². The molecule has 0 aliphatic carbocycles. The fourth-order valence-electron chi connectivity index (χ4n) is 3.25. The lowest BCUT2D eigenvalue weighted by Gasteiger charge is -2.13. The van der Waals surface area contributed by atoms with Gasteiger partial charge in [0.05, 0.1) is 5.52 Å². The minimum atomic E-state index is -0.832. The molecule has 0 fully saturated rings. The third-order valence-electron chi connectivity index (χ3n) is 4.75. The molecule has 1 aromatic heterocycles. The first-order valence-corrected chi connectivity index (χ1v) is 10.3. The van der Waals surface area contributed by atoms with Crippen LogP contribution < -0.4 is 4.74 Å². The van der Waals surface area contributed by atoms with Crippen molar-refractivity contribution in [2.24, 2.45) is 16.1 Å². The van der Waals surface area contributed by atoms with Gasteiger partial charge in [0.25, 0.3) is 0 Å². The average molecular weight is 428 g/mol. The minimum Gasteiger partial charge on any atom is -0.493 e. The molecular weight excluding hydrogens is 402 g/mol. The predicted molar refractivity (Wildman–Crippen MR) is 119 cm³/mol. The van der Waals surface area contributed by atoms with Crippen molar-refractivity contribution in [3.8, 4) is 11.6 Å². The van der Waals surface area contributed by atoms with Gasteiger partial charge < -0.3 is 14.4 Å². The number of carbonyl (C=O) groups excluding carboxylic acids is 1. The number of azo groups is 1. The zero-order valence-electron chi connectivity index (χ0n) is 17.8. The Labute approximate surface area is 181 Å². The smallest absolute Gasteiger partial charge is 0.304 e. The molecule has 1 atom stereocenters. The van der Waals surface area contributed by atoms with Crippen LogP contribution in [0.5, 0.6) is 11.6 Å². The Morgan fingerprint density at radius 2 is 1.90 bits per heavy atom. The number of aromatic nitrogens is 1. The van der Waals surface area contributed by atoms with Crippen molar-refractivity contribution in [2.45, 2.75) is 47.3 Å². The van der Waals surface area contributed by atoms with Gasteiger partial charge in [0.2, 0.25) is 5.88 Å². The molecule has 0 bridgehead atoms. The van der Waals surface area contributed by atoms with Crippen LogP contribution in [0.1, 0.15) is 31.9 Å². The number of amides is 1. The van der Waals surface area contributed by atoms with Crippen molar-refractivity contribution < 1.29 is 14.6 Å². The summed E-state index contributed by atoms with van der Waals surface area (Å²) in [5.41, 5.74) is 3.00. The molecule has 6 nitrogen and oxygen atoms in total. The highest BCUT2D eigenvalue weighted by atomic mass is 35.5. The number of aryl methyl sites for hydroxylation is 2. The first kappa shape index (κ1) is 21.8. The van der Waals surface area contributed by atoms with Gasteiger partial charge in [0.1, 0.15) is 5.75 Å². The van der Waals surface area contributed by atoms with E-state index in [1.165, 1.54) is 0 Å². The molecule has 7 heteroatoms. The standard InChI is InChI=1S/C23H26ClN3O3/c1-13(2)12-27-19-8-6-14(3)10-18(19)21(23(27)29)25-26-22(28)16(5)30-20-9-7-17(24)11-15(20)4/h6-11,13,16,29H,12H2,1-5H3. The first-order chi connectivity index (χ1) is 14.2. The molecule has 1 amide bonds. The van der Waals surface area contributed by atoms with Gasteiger partial charge in [-0.2, -0.15) is 0 Å². The van der Waals surface area contributed by atoms with Crippen LogP contribution >= 0.6 is 11.6 Å². The lowest BCUT2D eigenvalue weighted by molar-refractivity contribution is -0.124. The lowest BCUT2D eigenvalue weighted by atomic mass is 10.1. The summed E-state index contributed by atoms with van der Waals surface area (Å²) in [5.74, 6) is 0.349. The maximum Gasteiger partial charge on any atom is 0.304 e. The number of halogens is 1. The third-order valence-corrected chi connectivity index (χ3v) is 4.99. The second kappa shape index (κ2) is 8.88. The molecule has 0 saturated heterocycles. The van der Waals surface area contributed by atoms with E-state index in [0.717, 1.165) is 22.0 Å². The van der Waals surface area contributed by atoms with E-state index in [0.29, 0.717) is 23.2 Å². The fourth-order valence-corrected chi connectivity index (χ4v) is 3.48. The normalized spacial score (nSPS) is 12.8. The molecule has 30 heavy (non-hydrogen) atoms. The van der Waals surface area contributed by atoms with Crippen molar-refractivity contribution in [3.63, 3.8) is 0 Å². The molecule has 0 saturated carbocycles. The van der Waals surface area contributed by atoms with Crippen LogP contribution in [0.25, 0.3) is 10.9 Å². The average Bonchev–Trinajstić information content (AvgIpc) is 2.92. The van der Waals surface area contributed by atoms with Crippen LogP contribution in [-0.2, 0) is 11.3 Å². The van der Waals surface area contributed by atoms with Gasteiger partial charge in [-0.1, -0.05) is 37.1 Å². The Morgan fingerprint density at radius 3 is 2.57 bits per heavy atom. The van der Waals surface area contributed by atoms with Crippen LogP contribution in [0.15, 0.2) is 46.6 Å². The molecular formula is C23H26ClN3O3. The first-order valence-electron chi connectivity index (χ1n) is 9.87. The highest BCUT2D eigenvalue weighted by Gasteiger charge is 2.20. The van der Waals surface area contributed by atoms with Crippen LogP contribution in [0.3, 0.4) is 0 Å². The monoisotopic (exact) mass is 427 g/mol. The number of carbonyl (C=O) groups is 1. The van der Waals surface area contributed by atoms with Gasteiger partial charge in [-0.05, 0) is 62.6 Å². The van der Waals surface area contributed by atoms with Gasteiger partial charge in [0, 0.05) is 17.0 Å². The summed E-state index contributed by atoms with van der Waals surface area (Å²) in [6, 6.07) is 11.0. The lowest BCUT2D eigenvalue weighted by Crippen LogP contribution is -2.21. The maximum atomic E-state index is 12.5. The van der Waals surface area contributed by atoms with Gasteiger partial charge >= 0.3 is 5.91 Å². The molecule has 0 radical (unpaired) electrons. The molecule has 0 aliphatic rings. The summed E-state index contributed by atoms with van der Waals surface area (Å²) < 4.78 is 7.52. The number of aromatic hydroxyl groups is 1. The molecule has 0 aliphatic heterocycles. The van der Waals surface area contributed by atoms with Crippen LogP contribution in [0, 0.1) is 19.8 Å². The Morgan fingerprint density at radius 1 is 1.17 bits per heavy atom. The number of hydrogen-bond acceptors (Lipinski definition) is 4. The van der Waals surface area contributed by atoms with Crippen LogP contribution in [0.2, 0.25) is 5.02 Å². The molecule has 3 aromatic rings. The zero-order chi connectivity index (χ0) is 22.0. The Balaban J connectivity index is 1.88. The topological polar surface area (TPSA) is 76.2 Å². The predicted octanol–water partition coefficient (Wildman–Crippen LogP) is 6.35. The van der Waals surface area contributed by atoms with E-state index in [4.69, 9.17) is 16.3 Å². The van der Waals surface area contributed by atoms with Gasteiger partial charge in [-0.25, -0.2) is 0 Å². The second-order valence-electron chi connectivity index (χ2n) is 7.91. The van der Waals surface area contributed by atoms with Crippen molar-refractivity contribution in [2.75, 3.05) is 0 Å². The van der Waals surface area contributed by atoms with E-state index in [-0.39, 0.29) is 11.6 Å². The van der Waals surface area contributed by atoms with Crippen LogP contribution in [-0.4, -0.2) is 21.7 Å². The number of hydrogen-bond donors (Lipinski definition) is 1. The van der Waals surface area contributed by atoms with E-state index < -0.39 is 12.0 Å². The molecule has 2 aromatic carbocycles. The molecule has 1 unspecified atom stereocenters. The van der Waals surface area contributed by atoms with Gasteiger partial charge in [-0.3, -0.25) is 4.79 Å². The molecule has 0 spiro atoms. The highest BCUT2D eigenvalue weighted by molar-refractivity contribution is 6.30. The maximum absolute atomic E-state index is 12.5. The van der Waals surface area contributed by atoms with Gasteiger partial charge in [0.15, 0.2) is 11.8 Å². The second-order valence-corrected chi connectivity index (χ2v) is 8.34. The molecule has 158 valence electrons. The Bertz CT molecular complexity index is 1120. The SMILES string of the molecule is Cc1ccc2c(c1)c(N=NC(=O)C(C)Oc1ccc(Cl)cc1C)c(O)n2CC(C)C. The summed E-state index contributed by atoms with van der Waals surface area (Å²) in [7, 11) is 0. The quantitative estimate of drug-likeness (QED) is 0.465. The highest BCUT2D eigenvalue weighted by Crippen LogP contribution is 2.39. The Hall–Kier alpha value is -2.86. The van der Waals surface area contributed by atoms with Crippen molar-refractivity contribution in [1.29, 1.82) is 0 Å². The van der Waals surface area contributed by atoms with Crippen LogP contribution in [0.4, 0.5) is 5.69 Å². The van der Waals surface area contributed by atoms with Crippen molar-refractivity contribution in [3.05, 3.63) is 52.5 Å². The van der Waals surface area contributed by atoms with E-state index >= 15 is 0 Å².